The van der Waals surface area contributed by atoms with Gasteiger partial charge in [-0.3, -0.25) is 9.59 Å². The summed E-state index contributed by atoms with van der Waals surface area (Å²) in [7, 11) is 1.93. The van der Waals surface area contributed by atoms with Crippen molar-refractivity contribution in [3.8, 4) is 0 Å². The van der Waals surface area contributed by atoms with Gasteiger partial charge in [0.05, 0.1) is 6.54 Å². The molecule has 1 amide bonds. The van der Waals surface area contributed by atoms with E-state index in [9.17, 15) is 9.59 Å². The summed E-state index contributed by atoms with van der Waals surface area (Å²) in [5.74, 6) is 0.415. The lowest BCUT2D eigenvalue weighted by Crippen LogP contribution is -2.53. The molecule has 1 unspecified atom stereocenters. The molecule has 1 aromatic heterocycles. The number of rotatable bonds is 8. The fraction of sp³-hybridized carbons (Fsp3) is 0.793. The standard InChI is InChI=1S/C29H47N3O2/c1-4-29(2,17-20-31-18-11-6-12-19-31)32(28(34)23-13-7-5-8-14-23)22-25-21-24-15-9-10-16-26(24)30(3)27(25)33/h21,23H,4-20,22H2,1-3H3. The zero-order valence-corrected chi connectivity index (χ0v) is 22.0. The summed E-state index contributed by atoms with van der Waals surface area (Å²) < 4.78 is 1.88. The lowest BCUT2D eigenvalue weighted by molar-refractivity contribution is -0.144. The topological polar surface area (TPSA) is 45.5 Å². The summed E-state index contributed by atoms with van der Waals surface area (Å²) in [4.78, 5) is 32.2. The maximum atomic E-state index is 14.0. The van der Waals surface area contributed by atoms with Crippen LogP contribution in [0.1, 0.15) is 108 Å². The molecule has 0 N–H and O–H groups in total. The van der Waals surface area contributed by atoms with Crippen LogP contribution in [0.25, 0.3) is 0 Å². The molecule has 1 atom stereocenters. The number of carbonyl (C=O) groups is 1. The average Bonchev–Trinajstić information content (AvgIpc) is 2.89. The highest BCUT2D eigenvalue weighted by atomic mass is 16.2. The predicted molar refractivity (Wildman–Crippen MR) is 139 cm³/mol. The summed E-state index contributed by atoms with van der Waals surface area (Å²) in [6.07, 6.45) is 15.8. The Kier molecular flexibility index (Phi) is 8.55. The largest absolute Gasteiger partial charge is 0.332 e. The van der Waals surface area contributed by atoms with E-state index in [2.05, 4.69) is 29.7 Å². The molecule has 5 heteroatoms. The molecule has 0 aromatic carbocycles. The van der Waals surface area contributed by atoms with E-state index in [0.717, 1.165) is 69.9 Å². The average molecular weight is 470 g/mol. The van der Waals surface area contributed by atoms with Gasteiger partial charge in [0.2, 0.25) is 5.91 Å². The number of hydrogen-bond acceptors (Lipinski definition) is 3. The number of nitrogens with zero attached hydrogens (tertiary/aromatic N) is 3. The van der Waals surface area contributed by atoms with Gasteiger partial charge in [-0.15, -0.1) is 0 Å². The monoisotopic (exact) mass is 469 g/mol. The molecule has 0 spiro atoms. The SMILES string of the molecule is CCC(C)(CCN1CCCCC1)N(Cc1cc2c(n(C)c1=O)CCCC2)C(=O)C1CCCCC1. The second kappa shape index (κ2) is 11.4. The third-order valence-electron chi connectivity index (χ3n) is 9.19. The molecule has 1 aliphatic heterocycles. The van der Waals surface area contributed by atoms with Crippen molar-refractivity contribution in [1.82, 2.24) is 14.4 Å². The second-order valence-corrected chi connectivity index (χ2v) is 11.5. The Balaban J connectivity index is 1.62. The summed E-state index contributed by atoms with van der Waals surface area (Å²) in [5.41, 5.74) is 3.20. The van der Waals surface area contributed by atoms with E-state index < -0.39 is 0 Å². The third kappa shape index (κ3) is 5.61. The zero-order chi connectivity index (χ0) is 24.1. The number of carbonyl (C=O) groups excluding carboxylic acids is 1. The van der Waals surface area contributed by atoms with E-state index >= 15 is 0 Å². The van der Waals surface area contributed by atoms with E-state index in [1.165, 1.54) is 56.5 Å². The molecule has 2 fully saturated rings. The van der Waals surface area contributed by atoms with Crippen LogP contribution >= 0.6 is 0 Å². The normalized spacial score (nSPS) is 21.6. The third-order valence-corrected chi connectivity index (χ3v) is 9.19. The Labute approximate surface area is 206 Å². The summed E-state index contributed by atoms with van der Waals surface area (Å²) in [6, 6.07) is 2.15. The number of fused-ring (bicyclic) bond motifs is 1. The number of amides is 1. The smallest absolute Gasteiger partial charge is 0.255 e. The van der Waals surface area contributed by atoms with Gasteiger partial charge in [0.1, 0.15) is 0 Å². The van der Waals surface area contributed by atoms with Crippen LogP contribution in [0.4, 0.5) is 0 Å². The van der Waals surface area contributed by atoms with Crippen LogP contribution in [0.5, 0.6) is 0 Å². The Hall–Kier alpha value is -1.62. The zero-order valence-electron chi connectivity index (χ0n) is 22.0. The quantitative estimate of drug-likeness (QED) is 0.524. The molecular weight excluding hydrogens is 422 g/mol. The Morgan fingerprint density at radius 2 is 1.71 bits per heavy atom. The Bertz CT molecular complexity index is 895. The van der Waals surface area contributed by atoms with Crippen LogP contribution in [-0.2, 0) is 31.2 Å². The second-order valence-electron chi connectivity index (χ2n) is 11.5. The number of aromatic nitrogens is 1. The van der Waals surface area contributed by atoms with Crippen molar-refractivity contribution in [2.45, 2.75) is 116 Å². The highest BCUT2D eigenvalue weighted by molar-refractivity contribution is 5.79. The van der Waals surface area contributed by atoms with Crippen LogP contribution in [-0.4, -0.2) is 45.4 Å². The molecule has 4 rings (SSSR count). The number of pyridine rings is 1. The highest BCUT2D eigenvalue weighted by Gasteiger charge is 2.38. The van der Waals surface area contributed by atoms with Crippen molar-refractivity contribution in [3.05, 3.63) is 33.2 Å². The first-order valence-electron chi connectivity index (χ1n) is 14.2. The maximum absolute atomic E-state index is 14.0. The first kappa shape index (κ1) is 25.5. The predicted octanol–water partition coefficient (Wildman–Crippen LogP) is 5.22. The van der Waals surface area contributed by atoms with Gasteiger partial charge in [-0.2, -0.15) is 0 Å². The molecule has 3 aliphatic rings. The Morgan fingerprint density at radius 1 is 1.03 bits per heavy atom. The fourth-order valence-electron chi connectivity index (χ4n) is 6.53. The van der Waals surface area contributed by atoms with Crippen molar-refractivity contribution < 1.29 is 4.79 Å². The van der Waals surface area contributed by atoms with Crippen LogP contribution in [0.2, 0.25) is 0 Å². The molecule has 0 radical (unpaired) electrons. The molecule has 2 aliphatic carbocycles. The van der Waals surface area contributed by atoms with Gasteiger partial charge >= 0.3 is 0 Å². The van der Waals surface area contributed by atoms with E-state index in [-0.39, 0.29) is 17.0 Å². The van der Waals surface area contributed by atoms with Gasteiger partial charge in [-0.05, 0) is 95.9 Å². The lowest BCUT2D eigenvalue weighted by Gasteiger charge is -2.44. The minimum Gasteiger partial charge on any atom is -0.332 e. The maximum Gasteiger partial charge on any atom is 0.255 e. The van der Waals surface area contributed by atoms with Crippen LogP contribution in [0.3, 0.4) is 0 Å². The summed E-state index contributed by atoms with van der Waals surface area (Å²) >= 11 is 0. The van der Waals surface area contributed by atoms with Crippen molar-refractivity contribution in [1.29, 1.82) is 0 Å². The van der Waals surface area contributed by atoms with Crippen LogP contribution < -0.4 is 5.56 Å². The van der Waals surface area contributed by atoms with Crippen molar-refractivity contribution in [2.75, 3.05) is 19.6 Å². The molecule has 190 valence electrons. The summed E-state index contributed by atoms with van der Waals surface area (Å²) in [5, 5.41) is 0. The minimum atomic E-state index is -0.229. The molecule has 1 saturated carbocycles. The molecule has 2 heterocycles. The van der Waals surface area contributed by atoms with E-state index in [1.54, 1.807) is 0 Å². The number of hydrogen-bond donors (Lipinski definition) is 0. The van der Waals surface area contributed by atoms with Gasteiger partial charge in [-0.25, -0.2) is 0 Å². The van der Waals surface area contributed by atoms with Gasteiger partial charge in [-0.1, -0.05) is 32.6 Å². The van der Waals surface area contributed by atoms with E-state index in [0.29, 0.717) is 12.5 Å². The Morgan fingerprint density at radius 3 is 2.41 bits per heavy atom. The number of aryl methyl sites for hydroxylation is 1. The van der Waals surface area contributed by atoms with Crippen LogP contribution in [0, 0.1) is 5.92 Å². The van der Waals surface area contributed by atoms with Gasteiger partial charge in [0.25, 0.3) is 5.56 Å². The minimum absolute atomic E-state index is 0.0941. The number of likely N-dealkylation sites (tertiary alicyclic amines) is 1. The molecule has 5 nitrogen and oxygen atoms in total. The van der Waals surface area contributed by atoms with E-state index in [4.69, 9.17) is 0 Å². The molecule has 0 bridgehead atoms. The molecule has 1 saturated heterocycles. The highest BCUT2D eigenvalue weighted by Crippen LogP contribution is 2.33. The molecular formula is C29H47N3O2. The summed E-state index contributed by atoms with van der Waals surface area (Å²) in [6.45, 7) is 8.37. The van der Waals surface area contributed by atoms with Gasteiger partial charge in [0.15, 0.2) is 0 Å². The van der Waals surface area contributed by atoms with E-state index in [1.807, 2.05) is 11.6 Å². The van der Waals surface area contributed by atoms with Gasteiger partial charge in [0, 0.05) is 36.3 Å². The van der Waals surface area contributed by atoms with Crippen molar-refractivity contribution in [3.63, 3.8) is 0 Å². The fourth-order valence-corrected chi connectivity index (χ4v) is 6.53. The first-order chi connectivity index (χ1) is 16.4. The van der Waals surface area contributed by atoms with Crippen molar-refractivity contribution >= 4 is 5.91 Å². The molecule has 1 aromatic rings. The first-order valence-corrected chi connectivity index (χ1v) is 14.2. The lowest BCUT2D eigenvalue weighted by atomic mass is 9.84. The van der Waals surface area contributed by atoms with Gasteiger partial charge < -0.3 is 14.4 Å². The molecule has 34 heavy (non-hydrogen) atoms. The number of piperidine rings is 1. The van der Waals surface area contributed by atoms with Crippen molar-refractivity contribution in [2.24, 2.45) is 13.0 Å². The van der Waals surface area contributed by atoms with Crippen LogP contribution in [0.15, 0.2) is 10.9 Å².